The molecule has 2 rings (SSSR count). The maximum Gasteiger partial charge on any atom is 0.0643 e. The number of anilines is 1. The molecule has 0 aliphatic carbocycles. The zero-order chi connectivity index (χ0) is 12.3. The van der Waals surface area contributed by atoms with Crippen molar-refractivity contribution in [3.63, 3.8) is 0 Å². The minimum Gasteiger partial charge on any atom is -0.380 e. The lowest BCUT2D eigenvalue weighted by molar-refractivity contribution is 0.756. The van der Waals surface area contributed by atoms with Gasteiger partial charge in [-0.05, 0) is 25.3 Å². The number of hydrogen-bond acceptors (Lipinski definition) is 3. The number of rotatable bonds is 4. The number of aromatic nitrogens is 2. The van der Waals surface area contributed by atoms with Crippen LogP contribution in [0.4, 0.5) is 5.69 Å². The molecule has 0 amide bonds. The van der Waals surface area contributed by atoms with Crippen molar-refractivity contribution < 1.29 is 0 Å². The van der Waals surface area contributed by atoms with E-state index in [2.05, 4.69) is 47.1 Å². The molecule has 1 aromatic carbocycles. The van der Waals surface area contributed by atoms with E-state index in [4.69, 9.17) is 0 Å². The summed E-state index contributed by atoms with van der Waals surface area (Å²) in [7, 11) is 1.95. The lowest BCUT2D eigenvalue weighted by Crippen LogP contribution is -2.00. The van der Waals surface area contributed by atoms with Crippen LogP contribution in [0, 0.1) is 6.92 Å². The summed E-state index contributed by atoms with van der Waals surface area (Å²) in [6.45, 7) is 2.86. The standard InChI is InChI=1S/C13H17N3S/c1-10-11(9-16(2)15-10)8-14-12-6-4-5-7-13(12)17-3/h4-7,9,14H,8H2,1-3H3. The third-order valence-corrected chi connectivity index (χ3v) is 3.49. The van der Waals surface area contributed by atoms with Gasteiger partial charge in [-0.1, -0.05) is 12.1 Å². The van der Waals surface area contributed by atoms with Gasteiger partial charge in [0, 0.05) is 35.9 Å². The van der Waals surface area contributed by atoms with Crippen LogP contribution in [0.2, 0.25) is 0 Å². The monoisotopic (exact) mass is 247 g/mol. The summed E-state index contributed by atoms with van der Waals surface area (Å²) in [6.07, 6.45) is 4.15. The van der Waals surface area contributed by atoms with Gasteiger partial charge in [-0.25, -0.2) is 0 Å². The molecule has 1 aromatic heterocycles. The predicted octanol–water partition coefficient (Wildman–Crippen LogP) is 3.06. The second-order valence-corrected chi connectivity index (χ2v) is 4.82. The Morgan fingerprint density at radius 3 is 2.76 bits per heavy atom. The van der Waals surface area contributed by atoms with Gasteiger partial charge in [-0.2, -0.15) is 5.10 Å². The highest BCUT2D eigenvalue weighted by atomic mass is 32.2. The van der Waals surface area contributed by atoms with Crippen molar-refractivity contribution in [2.75, 3.05) is 11.6 Å². The summed E-state index contributed by atoms with van der Waals surface area (Å²) in [4.78, 5) is 1.27. The minimum atomic E-state index is 0.817. The van der Waals surface area contributed by atoms with Crippen molar-refractivity contribution in [2.24, 2.45) is 7.05 Å². The molecule has 90 valence electrons. The third kappa shape index (κ3) is 2.82. The molecule has 0 bridgehead atoms. The molecule has 0 spiro atoms. The molecule has 0 saturated heterocycles. The molecule has 0 atom stereocenters. The van der Waals surface area contributed by atoms with Gasteiger partial charge in [0.25, 0.3) is 0 Å². The first-order valence-corrected chi connectivity index (χ1v) is 6.79. The highest BCUT2D eigenvalue weighted by molar-refractivity contribution is 7.98. The van der Waals surface area contributed by atoms with Crippen molar-refractivity contribution in [2.45, 2.75) is 18.4 Å². The zero-order valence-corrected chi connectivity index (χ0v) is 11.2. The topological polar surface area (TPSA) is 29.9 Å². The first-order chi connectivity index (χ1) is 8.20. The Kier molecular flexibility index (Phi) is 3.74. The van der Waals surface area contributed by atoms with Gasteiger partial charge in [0.05, 0.1) is 5.69 Å². The molecule has 0 unspecified atom stereocenters. The van der Waals surface area contributed by atoms with Crippen LogP contribution >= 0.6 is 11.8 Å². The normalized spacial score (nSPS) is 10.5. The predicted molar refractivity (Wildman–Crippen MR) is 73.5 cm³/mol. The molecule has 0 saturated carbocycles. The van der Waals surface area contributed by atoms with Gasteiger partial charge in [0.1, 0.15) is 0 Å². The SMILES string of the molecule is CSc1ccccc1NCc1cn(C)nc1C. The molecule has 0 fully saturated rings. The van der Waals surface area contributed by atoms with E-state index >= 15 is 0 Å². The number of para-hydroxylation sites is 1. The number of thioether (sulfide) groups is 1. The average molecular weight is 247 g/mol. The van der Waals surface area contributed by atoms with E-state index in [1.54, 1.807) is 11.8 Å². The fourth-order valence-electron chi connectivity index (χ4n) is 1.80. The van der Waals surface area contributed by atoms with Crippen LogP contribution in [0.1, 0.15) is 11.3 Å². The summed E-state index contributed by atoms with van der Waals surface area (Å²) < 4.78 is 1.85. The molecular formula is C13H17N3S. The van der Waals surface area contributed by atoms with Crippen LogP contribution in [0.15, 0.2) is 35.4 Å². The smallest absolute Gasteiger partial charge is 0.0643 e. The van der Waals surface area contributed by atoms with Gasteiger partial charge < -0.3 is 5.32 Å². The minimum absolute atomic E-state index is 0.817. The second-order valence-electron chi connectivity index (χ2n) is 3.97. The lowest BCUT2D eigenvalue weighted by Gasteiger charge is -2.09. The van der Waals surface area contributed by atoms with Crippen LogP contribution in [-0.4, -0.2) is 16.0 Å². The van der Waals surface area contributed by atoms with E-state index in [0.29, 0.717) is 0 Å². The lowest BCUT2D eigenvalue weighted by atomic mass is 10.2. The van der Waals surface area contributed by atoms with Crippen LogP contribution in [0.3, 0.4) is 0 Å². The fraction of sp³-hybridized carbons (Fsp3) is 0.308. The second kappa shape index (κ2) is 5.27. The molecule has 17 heavy (non-hydrogen) atoms. The van der Waals surface area contributed by atoms with E-state index in [0.717, 1.165) is 12.2 Å². The maximum absolute atomic E-state index is 4.34. The molecule has 0 aliphatic heterocycles. The first-order valence-electron chi connectivity index (χ1n) is 5.56. The van der Waals surface area contributed by atoms with Gasteiger partial charge in [0.15, 0.2) is 0 Å². The van der Waals surface area contributed by atoms with Gasteiger partial charge in [0.2, 0.25) is 0 Å². The Bertz CT molecular complexity index is 505. The van der Waals surface area contributed by atoms with Crippen LogP contribution in [0.25, 0.3) is 0 Å². The molecule has 1 N–H and O–H groups in total. The molecular weight excluding hydrogens is 230 g/mol. The number of nitrogens with zero attached hydrogens (tertiary/aromatic N) is 2. The summed E-state index contributed by atoms with van der Waals surface area (Å²) in [5.41, 5.74) is 3.51. The van der Waals surface area contributed by atoms with E-state index in [-0.39, 0.29) is 0 Å². The Morgan fingerprint density at radius 1 is 1.35 bits per heavy atom. The van der Waals surface area contributed by atoms with Gasteiger partial charge in [-0.3, -0.25) is 4.68 Å². The Labute approximate surface area is 106 Å². The van der Waals surface area contributed by atoms with E-state index < -0.39 is 0 Å². The molecule has 3 nitrogen and oxygen atoms in total. The van der Waals surface area contributed by atoms with Crippen molar-refractivity contribution in [1.82, 2.24) is 9.78 Å². The van der Waals surface area contributed by atoms with Gasteiger partial charge >= 0.3 is 0 Å². The average Bonchev–Trinajstić information content (AvgIpc) is 2.65. The summed E-state index contributed by atoms with van der Waals surface area (Å²) in [6, 6.07) is 8.35. The molecule has 1 heterocycles. The Balaban J connectivity index is 2.09. The number of aryl methyl sites for hydroxylation is 2. The Morgan fingerprint density at radius 2 is 2.12 bits per heavy atom. The van der Waals surface area contributed by atoms with Crippen LogP contribution < -0.4 is 5.32 Å². The van der Waals surface area contributed by atoms with Crippen LogP contribution in [-0.2, 0) is 13.6 Å². The maximum atomic E-state index is 4.34. The molecule has 0 radical (unpaired) electrons. The third-order valence-electron chi connectivity index (χ3n) is 2.69. The van der Waals surface area contributed by atoms with Crippen molar-refractivity contribution >= 4 is 17.4 Å². The highest BCUT2D eigenvalue weighted by Gasteiger charge is 2.04. The summed E-state index contributed by atoms with van der Waals surface area (Å²) >= 11 is 1.76. The molecule has 2 aromatic rings. The van der Waals surface area contributed by atoms with Crippen molar-refractivity contribution in [1.29, 1.82) is 0 Å². The van der Waals surface area contributed by atoms with E-state index in [9.17, 15) is 0 Å². The van der Waals surface area contributed by atoms with Gasteiger partial charge in [-0.15, -0.1) is 11.8 Å². The molecule has 0 aliphatic rings. The number of benzene rings is 1. The number of nitrogens with one attached hydrogen (secondary N) is 1. The number of hydrogen-bond donors (Lipinski definition) is 1. The van der Waals surface area contributed by atoms with Crippen molar-refractivity contribution in [3.05, 3.63) is 41.7 Å². The van der Waals surface area contributed by atoms with Crippen LogP contribution in [0.5, 0.6) is 0 Å². The first kappa shape index (κ1) is 12.0. The highest BCUT2D eigenvalue weighted by Crippen LogP contribution is 2.25. The molecule has 4 heteroatoms. The fourth-order valence-corrected chi connectivity index (χ4v) is 2.38. The summed E-state index contributed by atoms with van der Waals surface area (Å²) in [5.74, 6) is 0. The summed E-state index contributed by atoms with van der Waals surface area (Å²) in [5, 5.41) is 7.80. The van der Waals surface area contributed by atoms with E-state index in [1.165, 1.54) is 16.1 Å². The zero-order valence-electron chi connectivity index (χ0n) is 10.4. The quantitative estimate of drug-likeness (QED) is 0.842. The largest absolute Gasteiger partial charge is 0.380 e. The van der Waals surface area contributed by atoms with Crippen molar-refractivity contribution in [3.8, 4) is 0 Å². The Hall–Kier alpha value is -1.42. The van der Waals surface area contributed by atoms with E-state index in [1.807, 2.05) is 18.7 Å².